The molecule has 2 N–H and O–H groups in total. The van der Waals surface area contributed by atoms with E-state index in [1.165, 1.54) is 24.3 Å². The van der Waals surface area contributed by atoms with Gasteiger partial charge in [0.1, 0.15) is 5.60 Å². The summed E-state index contributed by atoms with van der Waals surface area (Å²) < 4.78 is 40.7. The topological polar surface area (TPSA) is 97.0 Å². The number of alkyl halides is 2. The van der Waals surface area contributed by atoms with Gasteiger partial charge < -0.3 is 25.0 Å². The van der Waals surface area contributed by atoms with Crippen molar-refractivity contribution in [3.05, 3.63) is 59.2 Å². The number of hydrogen-bond donors (Lipinski definition) is 2. The SMILES string of the molecule is CC(C)(C)OC(=O)NCCCCOCC12CCN(C(=O)CNC(=O)c3ccc4c(c3)-c3ccccc3C4(F)F)C1C2. The van der Waals surface area contributed by atoms with E-state index in [0.29, 0.717) is 37.4 Å². The van der Waals surface area contributed by atoms with Gasteiger partial charge in [-0.1, -0.05) is 30.3 Å². The highest BCUT2D eigenvalue weighted by Crippen LogP contribution is 2.57. The number of carbonyl (C=O) groups is 3. The lowest BCUT2D eigenvalue weighted by molar-refractivity contribution is -0.130. The molecule has 2 fully saturated rings. The predicted octanol–water partition coefficient (Wildman–Crippen LogP) is 4.85. The Morgan fingerprint density at radius 3 is 2.54 bits per heavy atom. The molecule has 1 saturated carbocycles. The lowest BCUT2D eigenvalue weighted by Gasteiger charge is -2.19. The summed E-state index contributed by atoms with van der Waals surface area (Å²) in [6.07, 6.45) is 2.89. The molecule has 0 radical (unpaired) electrons. The lowest BCUT2D eigenvalue weighted by atomic mass is 10.0. The maximum Gasteiger partial charge on any atom is 0.407 e. The van der Waals surface area contributed by atoms with E-state index < -0.39 is 23.5 Å². The van der Waals surface area contributed by atoms with Crippen LogP contribution in [0, 0.1) is 5.41 Å². The zero-order valence-corrected chi connectivity index (χ0v) is 23.7. The monoisotopic (exact) mass is 569 g/mol. The molecule has 2 aliphatic carbocycles. The van der Waals surface area contributed by atoms with Gasteiger partial charge in [-0.3, -0.25) is 9.59 Å². The second kappa shape index (κ2) is 11.0. The molecule has 2 aromatic carbocycles. The number of halogens is 2. The standard InChI is InChI=1S/C31H37F2N3O5/c1-29(2,3)41-28(39)34-13-6-7-15-40-19-30-12-14-36(25(30)17-30)26(37)18-35-27(38)20-10-11-24-22(16-20)21-8-4-5-9-23(21)31(24,32)33/h4-5,8-11,16,25H,6-7,12-15,17-19H2,1-3H3,(H,34,39)(H,35,38). The number of fused-ring (bicyclic) bond motifs is 4. The van der Waals surface area contributed by atoms with E-state index >= 15 is 0 Å². The first-order chi connectivity index (χ1) is 19.4. The van der Waals surface area contributed by atoms with Gasteiger partial charge in [0.15, 0.2) is 0 Å². The molecule has 1 aliphatic heterocycles. The number of ether oxygens (including phenoxy) is 2. The van der Waals surface area contributed by atoms with Crippen molar-refractivity contribution in [2.45, 2.75) is 64.0 Å². The fraction of sp³-hybridized carbons (Fsp3) is 0.516. The van der Waals surface area contributed by atoms with Crippen LogP contribution in [0.1, 0.15) is 67.9 Å². The second-order valence-electron chi connectivity index (χ2n) is 12.2. The fourth-order valence-electron chi connectivity index (χ4n) is 5.85. The third kappa shape index (κ3) is 6.07. The first-order valence-electron chi connectivity index (χ1n) is 14.2. The van der Waals surface area contributed by atoms with Gasteiger partial charge in [-0.2, -0.15) is 8.78 Å². The van der Waals surface area contributed by atoms with E-state index in [2.05, 4.69) is 10.6 Å². The zero-order chi connectivity index (χ0) is 29.4. The molecule has 0 spiro atoms. The molecule has 0 bridgehead atoms. The van der Waals surface area contributed by atoms with E-state index in [4.69, 9.17) is 9.47 Å². The lowest BCUT2D eigenvalue weighted by Crippen LogP contribution is -2.40. The van der Waals surface area contributed by atoms with Gasteiger partial charge in [0.2, 0.25) is 5.91 Å². The smallest absolute Gasteiger partial charge is 0.407 e. The van der Waals surface area contributed by atoms with Crippen molar-refractivity contribution in [1.29, 1.82) is 0 Å². The Hall–Kier alpha value is -3.53. The van der Waals surface area contributed by atoms with Crippen LogP contribution in [-0.2, 0) is 20.2 Å². The number of carbonyl (C=O) groups excluding carboxylic acids is 3. The summed E-state index contributed by atoms with van der Waals surface area (Å²) in [6.45, 7) is 7.60. The first-order valence-corrected chi connectivity index (χ1v) is 14.2. The van der Waals surface area contributed by atoms with Gasteiger partial charge in [-0.15, -0.1) is 0 Å². The summed E-state index contributed by atoms with van der Waals surface area (Å²) in [5.41, 5.74) is 0.268. The Labute approximate surface area is 238 Å². The van der Waals surface area contributed by atoms with E-state index in [1.807, 2.05) is 25.7 Å². The van der Waals surface area contributed by atoms with Crippen LogP contribution < -0.4 is 10.6 Å². The second-order valence-corrected chi connectivity index (χ2v) is 12.2. The Kier molecular flexibility index (Phi) is 7.80. The summed E-state index contributed by atoms with van der Waals surface area (Å²) in [6, 6.07) is 10.6. The largest absolute Gasteiger partial charge is 0.444 e. The van der Waals surface area contributed by atoms with Crippen LogP contribution in [0.5, 0.6) is 0 Å². The highest BCUT2D eigenvalue weighted by Gasteiger charge is 2.62. The van der Waals surface area contributed by atoms with E-state index in [0.717, 1.165) is 25.7 Å². The van der Waals surface area contributed by atoms with Crippen molar-refractivity contribution in [3.8, 4) is 11.1 Å². The molecule has 1 heterocycles. The molecule has 1 saturated heterocycles. The number of benzene rings is 2. The minimum absolute atomic E-state index is 0.0208. The minimum Gasteiger partial charge on any atom is -0.444 e. The minimum atomic E-state index is -3.11. The van der Waals surface area contributed by atoms with Crippen molar-refractivity contribution < 1.29 is 32.6 Å². The summed E-state index contributed by atoms with van der Waals surface area (Å²) in [4.78, 5) is 39.2. The van der Waals surface area contributed by atoms with E-state index in [9.17, 15) is 23.2 Å². The Bertz CT molecular complexity index is 1340. The Morgan fingerprint density at radius 2 is 1.78 bits per heavy atom. The molecule has 2 unspecified atom stereocenters. The Balaban J connectivity index is 1.03. The molecule has 5 rings (SSSR count). The molecule has 8 nitrogen and oxygen atoms in total. The van der Waals surface area contributed by atoms with Crippen LogP contribution >= 0.6 is 0 Å². The number of hydrogen-bond acceptors (Lipinski definition) is 5. The molecule has 3 aliphatic rings. The molecule has 2 atom stereocenters. The van der Waals surface area contributed by atoms with Crippen LogP contribution in [0.15, 0.2) is 42.5 Å². The number of nitrogens with zero attached hydrogens (tertiary/aromatic N) is 1. The van der Waals surface area contributed by atoms with Crippen molar-refractivity contribution in [2.24, 2.45) is 5.41 Å². The third-order valence-corrected chi connectivity index (χ3v) is 8.04. The highest BCUT2D eigenvalue weighted by atomic mass is 19.3. The first kappa shape index (κ1) is 29.0. The highest BCUT2D eigenvalue weighted by molar-refractivity contribution is 5.98. The number of unbranched alkanes of at least 4 members (excludes halogenated alkanes) is 1. The average molecular weight is 570 g/mol. The molecule has 10 heteroatoms. The molecule has 3 amide bonds. The van der Waals surface area contributed by atoms with Crippen LogP contribution in [0.4, 0.5) is 13.6 Å². The molecular formula is C31H37F2N3O5. The predicted molar refractivity (Wildman–Crippen MR) is 149 cm³/mol. The van der Waals surface area contributed by atoms with E-state index in [1.54, 1.807) is 18.2 Å². The third-order valence-electron chi connectivity index (χ3n) is 8.04. The van der Waals surface area contributed by atoms with Crippen LogP contribution in [0.2, 0.25) is 0 Å². The number of amides is 3. The van der Waals surface area contributed by atoms with Crippen LogP contribution in [0.25, 0.3) is 11.1 Å². The number of nitrogens with one attached hydrogen (secondary N) is 2. The Morgan fingerprint density at radius 1 is 1.02 bits per heavy atom. The molecule has 2 aromatic rings. The average Bonchev–Trinajstić information content (AvgIpc) is 3.43. The quantitative estimate of drug-likeness (QED) is 0.399. The maximum atomic E-state index is 14.8. The normalized spacial score (nSPS) is 21.5. The summed E-state index contributed by atoms with van der Waals surface area (Å²) in [5, 5.41) is 5.40. The molecule has 0 aromatic heterocycles. The van der Waals surface area contributed by atoms with Gasteiger partial charge in [0, 0.05) is 47.8 Å². The number of likely N-dealkylation sites (tertiary alicyclic amines) is 1. The van der Waals surface area contributed by atoms with Crippen LogP contribution in [0.3, 0.4) is 0 Å². The molecule has 41 heavy (non-hydrogen) atoms. The van der Waals surface area contributed by atoms with Gasteiger partial charge in [0.05, 0.1) is 13.2 Å². The maximum absolute atomic E-state index is 14.8. The van der Waals surface area contributed by atoms with Gasteiger partial charge in [-0.05, 0) is 69.7 Å². The summed E-state index contributed by atoms with van der Waals surface area (Å²) >= 11 is 0. The molecular weight excluding hydrogens is 532 g/mol. The van der Waals surface area contributed by atoms with Gasteiger partial charge in [-0.25, -0.2) is 4.79 Å². The van der Waals surface area contributed by atoms with E-state index in [-0.39, 0.29) is 40.6 Å². The number of alkyl carbamates (subject to hydrolysis) is 1. The van der Waals surface area contributed by atoms with Gasteiger partial charge >= 0.3 is 6.09 Å². The van der Waals surface area contributed by atoms with Crippen molar-refractivity contribution in [1.82, 2.24) is 15.5 Å². The summed E-state index contributed by atoms with van der Waals surface area (Å²) in [5.74, 6) is -3.74. The van der Waals surface area contributed by atoms with Crippen molar-refractivity contribution in [2.75, 3.05) is 32.8 Å². The van der Waals surface area contributed by atoms with Crippen molar-refractivity contribution >= 4 is 17.9 Å². The van der Waals surface area contributed by atoms with Crippen molar-refractivity contribution in [3.63, 3.8) is 0 Å². The molecule has 220 valence electrons. The zero-order valence-electron chi connectivity index (χ0n) is 23.7. The summed E-state index contributed by atoms with van der Waals surface area (Å²) in [7, 11) is 0. The number of rotatable bonds is 10. The number of piperidine rings is 1. The van der Waals surface area contributed by atoms with Crippen LogP contribution in [-0.4, -0.2) is 67.3 Å². The van der Waals surface area contributed by atoms with Gasteiger partial charge in [0.25, 0.3) is 11.8 Å². The fourth-order valence-corrected chi connectivity index (χ4v) is 5.85.